The van der Waals surface area contributed by atoms with Crippen molar-refractivity contribution in [2.75, 3.05) is 0 Å². The van der Waals surface area contributed by atoms with Crippen LogP contribution in [0, 0.1) is 0 Å². The average Bonchev–Trinajstić information content (AvgIpc) is 3.30. The van der Waals surface area contributed by atoms with Crippen LogP contribution in [0.25, 0.3) is 4.96 Å². The second-order valence-electron chi connectivity index (χ2n) is 6.23. The molecular formula is C20H18BrN3O3S2. The lowest BCUT2D eigenvalue weighted by Gasteiger charge is -2.06. The van der Waals surface area contributed by atoms with Gasteiger partial charge in [-0.05, 0) is 12.1 Å². The number of benzene rings is 2. The predicted octanol–water partition coefficient (Wildman–Crippen LogP) is -0.346. The number of carbonyl (C=O) groups excluding carboxylic acids is 1. The molecule has 0 spiro atoms. The molecule has 0 saturated heterocycles. The molecule has 0 unspecified atom stereocenters. The molecule has 29 heavy (non-hydrogen) atoms. The number of Topliss-reactive ketones (excluding diaryl/α,β-unsaturated/α-hetero) is 1. The normalized spacial score (nSPS) is 11.3. The summed E-state index contributed by atoms with van der Waals surface area (Å²) in [6, 6.07) is 17.3. The minimum Gasteiger partial charge on any atom is -1.00 e. The molecule has 0 atom stereocenters. The van der Waals surface area contributed by atoms with Crippen molar-refractivity contribution in [2.45, 2.75) is 18.0 Å². The maximum Gasteiger partial charge on any atom is 0.346 e. The molecule has 0 amide bonds. The van der Waals surface area contributed by atoms with Crippen LogP contribution in [0.5, 0.6) is 0 Å². The Kier molecular flexibility index (Phi) is 6.63. The Morgan fingerprint density at radius 1 is 1.03 bits per heavy atom. The first-order valence-corrected chi connectivity index (χ1v) is 11.0. The maximum atomic E-state index is 12.7. The highest BCUT2D eigenvalue weighted by molar-refractivity contribution is 7.89. The lowest BCUT2D eigenvalue weighted by molar-refractivity contribution is -0.506. The van der Waals surface area contributed by atoms with E-state index in [0.29, 0.717) is 5.56 Å². The molecule has 0 saturated carbocycles. The van der Waals surface area contributed by atoms with Gasteiger partial charge in [0.05, 0.1) is 11.4 Å². The predicted molar refractivity (Wildman–Crippen MR) is 107 cm³/mol. The number of sulfonamides is 1. The van der Waals surface area contributed by atoms with Crippen LogP contribution >= 0.6 is 11.3 Å². The number of ketones is 1. The van der Waals surface area contributed by atoms with Crippen molar-refractivity contribution in [1.29, 1.82) is 0 Å². The van der Waals surface area contributed by atoms with E-state index in [4.69, 9.17) is 0 Å². The summed E-state index contributed by atoms with van der Waals surface area (Å²) in [6.45, 7) is 0.233. The van der Waals surface area contributed by atoms with E-state index in [1.54, 1.807) is 42.5 Å². The number of hydrogen-bond donors (Lipinski definition) is 1. The Hall–Kier alpha value is -2.33. The molecule has 0 fully saturated rings. The zero-order valence-electron chi connectivity index (χ0n) is 15.2. The quantitative estimate of drug-likeness (QED) is 0.283. The molecule has 2 heterocycles. The van der Waals surface area contributed by atoms with Gasteiger partial charge in [-0.15, -0.1) is 0 Å². The van der Waals surface area contributed by atoms with Gasteiger partial charge < -0.3 is 17.0 Å². The number of thiazole rings is 1. The summed E-state index contributed by atoms with van der Waals surface area (Å²) < 4.78 is 31.4. The van der Waals surface area contributed by atoms with E-state index in [1.807, 2.05) is 44.9 Å². The number of aromatic nitrogens is 2. The molecule has 0 aliphatic rings. The highest BCUT2D eigenvalue weighted by Gasteiger charge is 2.23. The average molecular weight is 492 g/mol. The lowest BCUT2D eigenvalue weighted by Crippen LogP contribution is -3.00. The largest absolute Gasteiger partial charge is 1.00 e. The van der Waals surface area contributed by atoms with Gasteiger partial charge in [0.2, 0.25) is 15.8 Å². The van der Waals surface area contributed by atoms with Gasteiger partial charge in [0.25, 0.3) is 0 Å². The summed E-state index contributed by atoms with van der Waals surface area (Å²) in [5, 5.41) is 1.93. The third-order valence-electron chi connectivity index (χ3n) is 4.38. The summed E-state index contributed by atoms with van der Waals surface area (Å²) in [4.78, 5) is 13.8. The van der Waals surface area contributed by atoms with Crippen LogP contribution in [0.2, 0.25) is 0 Å². The molecular weight excluding hydrogens is 474 g/mol. The molecule has 1 N–H and O–H groups in total. The first-order valence-electron chi connectivity index (χ1n) is 8.64. The van der Waals surface area contributed by atoms with Crippen molar-refractivity contribution in [3.05, 3.63) is 89.7 Å². The van der Waals surface area contributed by atoms with E-state index in [-0.39, 0.29) is 40.7 Å². The van der Waals surface area contributed by atoms with Crippen molar-refractivity contribution in [2.24, 2.45) is 0 Å². The molecule has 0 aliphatic heterocycles. The Labute approximate surface area is 183 Å². The summed E-state index contributed by atoms with van der Waals surface area (Å²) in [7, 11) is -3.63. The van der Waals surface area contributed by atoms with E-state index in [2.05, 4.69) is 4.72 Å². The molecule has 2 aromatic heterocycles. The van der Waals surface area contributed by atoms with E-state index in [0.717, 1.165) is 10.7 Å². The monoisotopic (exact) mass is 491 g/mol. The summed E-state index contributed by atoms with van der Waals surface area (Å²) >= 11 is 1.50. The molecule has 6 nitrogen and oxygen atoms in total. The van der Waals surface area contributed by atoms with E-state index >= 15 is 0 Å². The number of imidazole rings is 1. The highest BCUT2D eigenvalue weighted by Crippen LogP contribution is 2.15. The fourth-order valence-corrected chi connectivity index (χ4v) is 4.83. The lowest BCUT2D eigenvalue weighted by atomic mass is 10.1. The molecule has 0 bridgehead atoms. The summed E-state index contributed by atoms with van der Waals surface area (Å²) in [5.41, 5.74) is 1.34. The van der Waals surface area contributed by atoms with Gasteiger partial charge in [0, 0.05) is 10.9 Å². The van der Waals surface area contributed by atoms with Gasteiger partial charge in [0.1, 0.15) is 12.4 Å². The van der Waals surface area contributed by atoms with Gasteiger partial charge in [-0.2, -0.15) is 4.40 Å². The zero-order chi connectivity index (χ0) is 19.6. The van der Waals surface area contributed by atoms with Crippen LogP contribution in [-0.4, -0.2) is 18.8 Å². The standard InChI is InChI=1S/C20H18N3O3S2.BrH/c24-19(16-7-3-1-4-8-16)15-23-17(14-22-11-12-27-20(22)23)13-21-28(25,26)18-9-5-2-6-10-18;/h1-12,14,21H,13,15H2;1H/q+1;/p-1. The Balaban J connectivity index is 0.00000240. The first kappa shape index (κ1) is 21.4. The number of fused-ring (bicyclic) bond motifs is 1. The minimum atomic E-state index is -3.63. The molecule has 4 rings (SSSR count). The van der Waals surface area contributed by atoms with Crippen LogP contribution in [-0.2, 0) is 23.1 Å². The first-order chi connectivity index (χ1) is 13.5. The van der Waals surface area contributed by atoms with Crippen LogP contribution in [0.3, 0.4) is 0 Å². The van der Waals surface area contributed by atoms with Gasteiger partial charge in [-0.25, -0.2) is 17.7 Å². The van der Waals surface area contributed by atoms with Crippen molar-refractivity contribution < 1.29 is 34.6 Å². The van der Waals surface area contributed by atoms with Crippen LogP contribution in [0.4, 0.5) is 0 Å². The van der Waals surface area contributed by atoms with Crippen LogP contribution in [0.15, 0.2) is 83.3 Å². The Bertz CT molecular complexity index is 1220. The zero-order valence-corrected chi connectivity index (χ0v) is 18.5. The molecule has 150 valence electrons. The smallest absolute Gasteiger partial charge is 0.346 e. The second-order valence-corrected chi connectivity index (χ2v) is 8.87. The molecule has 9 heteroatoms. The Morgan fingerprint density at radius 2 is 1.69 bits per heavy atom. The topological polar surface area (TPSA) is 72.3 Å². The van der Waals surface area contributed by atoms with Gasteiger partial charge in [-0.1, -0.05) is 59.9 Å². The third kappa shape index (κ3) is 4.64. The van der Waals surface area contributed by atoms with Crippen molar-refractivity contribution in [3.63, 3.8) is 0 Å². The molecule has 4 aromatic rings. The van der Waals surface area contributed by atoms with E-state index in [9.17, 15) is 13.2 Å². The second kappa shape index (κ2) is 9.00. The SMILES string of the molecule is O=C(Cn1c(CNS(=O)(=O)c2ccccc2)c[n+]2ccsc12)c1ccccc1.[Br-]. The van der Waals surface area contributed by atoms with Crippen LogP contribution in [0.1, 0.15) is 16.1 Å². The highest BCUT2D eigenvalue weighted by atomic mass is 79.9. The van der Waals surface area contributed by atoms with Gasteiger partial charge >= 0.3 is 4.96 Å². The van der Waals surface area contributed by atoms with Gasteiger partial charge in [0.15, 0.2) is 12.2 Å². The fourth-order valence-electron chi connectivity index (χ4n) is 2.96. The number of rotatable bonds is 7. The van der Waals surface area contributed by atoms with Crippen molar-refractivity contribution >= 4 is 32.1 Å². The number of nitrogens with one attached hydrogen (secondary N) is 1. The van der Waals surface area contributed by atoms with Gasteiger partial charge in [-0.3, -0.25) is 4.79 Å². The van der Waals surface area contributed by atoms with Crippen molar-refractivity contribution in [1.82, 2.24) is 9.29 Å². The van der Waals surface area contributed by atoms with Crippen molar-refractivity contribution in [3.8, 4) is 0 Å². The molecule has 0 aliphatic carbocycles. The van der Waals surface area contributed by atoms with Crippen LogP contribution < -0.4 is 26.1 Å². The summed E-state index contributed by atoms with van der Waals surface area (Å²) in [5.74, 6) is -0.0285. The number of hydrogen-bond acceptors (Lipinski definition) is 4. The Morgan fingerprint density at radius 3 is 2.38 bits per heavy atom. The van der Waals surface area contributed by atoms with E-state index in [1.165, 1.54) is 11.3 Å². The number of carbonyl (C=O) groups is 1. The van der Waals surface area contributed by atoms with E-state index < -0.39 is 10.0 Å². The molecule has 2 aromatic carbocycles. The third-order valence-corrected chi connectivity index (χ3v) is 6.69. The maximum absolute atomic E-state index is 12.7. The minimum absolute atomic E-state index is 0. The number of nitrogens with zero attached hydrogens (tertiary/aromatic N) is 2. The molecule has 0 radical (unpaired) electrons. The fraction of sp³-hybridized carbons (Fsp3) is 0.100. The summed E-state index contributed by atoms with van der Waals surface area (Å²) in [6.07, 6.45) is 3.73. The number of halogens is 1.